The van der Waals surface area contributed by atoms with Crippen molar-refractivity contribution in [3.05, 3.63) is 58.1 Å². The first-order valence-corrected chi connectivity index (χ1v) is 8.03. The van der Waals surface area contributed by atoms with Gasteiger partial charge in [-0.25, -0.2) is 0 Å². The van der Waals surface area contributed by atoms with E-state index in [2.05, 4.69) is 10.6 Å². The number of rotatable bonds is 2. The molecule has 120 valence electrons. The van der Waals surface area contributed by atoms with Gasteiger partial charge in [0.25, 0.3) is 5.91 Å². The van der Waals surface area contributed by atoms with Gasteiger partial charge in [-0.1, -0.05) is 11.6 Å². The molecule has 1 amide bonds. The standard InChI is InChI=1S/C17H14BClN2O3/c18-16(23)15-13(11-5-7(19)1-4-12(11)20-15)14-10-6-8(22)2-3-9(10)17(24)21-14/h1-6,13-15,20,22H,18H2,(H,21,24). The smallest absolute Gasteiger partial charge is 0.252 e. The summed E-state index contributed by atoms with van der Waals surface area (Å²) in [5, 5.41) is 16.6. The maximum atomic E-state index is 12.3. The Hall–Kier alpha value is -2.47. The lowest BCUT2D eigenvalue weighted by Gasteiger charge is -2.25. The third kappa shape index (κ3) is 2.18. The Bertz CT molecular complexity index is 886. The van der Waals surface area contributed by atoms with Gasteiger partial charge in [0.2, 0.25) is 0 Å². The number of nitrogens with one attached hydrogen (secondary N) is 2. The Labute approximate surface area is 144 Å². The third-order valence-electron chi connectivity index (χ3n) is 4.74. The molecule has 0 saturated heterocycles. The number of phenolic OH excluding ortho intramolecular Hbond substituents is 1. The molecular formula is C17H14BClN2O3. The minimum Gasteiger partial charge on any atom is -0.508 e. The van der Waals surface area contributed by atoms with Crippen LogP contribution in [0, 0.1) is 0 Å². The highest BCUT2D eigenvalue weighted by Gasteiger charge is 2.44. The zero-order valence-electron chi connectivity index (χ0n) is 12.8. The first-order chi connectivity index (χ1) is 11.5. The highest BCUT2D eigenvalue weighted by molar-refractivity contribution is 6.59. The van der Waals surface area contributed by atoms with Crippen LogP contribution in [0.1, 0.15) is 33.4 Å². The molecule has 0 spiro atoms. The fraction of sp³-hybridized carbons (Fsp3) is 0.176. The number of phenols is 1. The van der Waals surface area contributed by atoms with Crippen LogP contribution in [0.25, 0.3) is 0 Å². The van der Waals surface area contributed by atoms with Crippen molar-refractivity contribution in [2.45, 2.75) is 18.0 Å². The van der Waals surface area contributed by atoms with Gasteiger partial charge in [0.05, 0.1) is 12.1 Å². The number of hydrogen-bond acceptors (Lipinski definition) is 4. The molecule has 2 aliphatic rings. The van der Waals surface area contributed by atoms with Gasteiger partial charge in [-0.3, -0.25) is 4.79 Å². The van der Waals surface area contributed by atoms with Gasteiger partial charge in [-0.15, -0.1) is 0 Å². The van der Waals surface area contributed by atoms with E-state index in [1.165, 1.54) is 13.9 Å². The fourth-order valence-corrected chi connectivity index (χ4v) is 3.88. The summed E-state index contributed by atoms with van der Waals surface area (Å²) in [5.74, 6) is -0.400. The molecule has 2 aliphatic heterocycles. The minimum atomic E-state index is -0.461. The normalized spacial score (nSPS) is 24.0. The van der Waals surface area contributed by atoms with E-state index in [9.17, 15) is 14.7 Å². The highest BCUT2D eigenvalue weighted by Crippen LogP contribution is 2.47. The van der Waals surface area contributed by atoms with E-state index in [-0.39, 0.29) is 23.3 Å². The van der Waals surface area contributed by atoms with E-state index in [4.69, 9.17) is 11.6 Å². The summed E-state index contributed by atoms with van der Waals surface area (Å²) in [7, 11) is 1.53. The van der Waals surface area contributed by atoms with Crippen molar-refractivity contribution in [3.63, 3.8) is 0 Å². The molecule has 0 aliphatic carbocycles. The third-order valence-corrected chi connectivity index (χ3v) is 4.98. The van der Waals surface area contributed by atoms with Gasteiger partial charge in [0, 0.05) is 22.2 Å². The Kier molecular flexibility index (Phi) is 3.32. The van der Waals surface area contributed by atoms with Gasteiger partial charge in [0.15, 0.2) is 7.85 Å². The van der Waals surface area contributed by atoms with Gasteiger partial charge < -0.3 is 20.5 Å². The highest BCUT2D eigenvalue weighted by atomic mass is 35.5. The van der Waals surface area contributed by atoms with Gasteiger partial charge in [0.1, 0.15) is 11.4 Å². The number of benzene rings is 2. The van der Waals surface area contributed by atoms with Crippen LogP contribution in [-0.4, -0.2) is 30.6 Å². The second-order valence-corrected chi connectivity index (χ2v) is 6.65. The van der Waals surface area contributed by atoms with Crippen LogP contribution >= 0.6 is 11.6 Å². The molecule has 0 radical (unpaired) electrons. The van der Waals surface area contributed by atoms with Crippen LogP contribution in [0.15, 0.2) is 36.4 Å². The summed E-state index contributed by atoms with van der Waals surface area (Å²) in [5.41, 5.74) is 2.94. The second-order valence-electron chi connectivity index (χ2n) is 6.21. The molecule has 0 aromatic heterocycles. The number of carbonyl (C=O) groups excluding carboxylic acids is 2. The van der Waals surface area contributed by atoms with Crippen molar-refractivity contribution in [1.82, 2.24) is 5.32 Å². The number of anilines is 1. The van der Waals surface area contributed by atoms with Crippen molar-refractivity contribution >= 4 is 36.7 Å². The topological polar surface area (TPSA) is 78.4 Å². The predicted octanol–water partition coefficient (Wildman–Crippen LogP) is 1.57. The maximum Gasteiger partial charge on any atom is 0.252 e. The monoisotopic (exact) mass is 340 g/mol. The van der Waals surface area contributed by atoms with Gasteiger partial charge in [-0.2, -0.15) is 0 Å². The summed E-state index contributed by atoms with van der Waals surface area (Å²) in [6.45, 7) is 0. The molecular weight excluding hydrogens is 326 g/mol. The molecule has 3 atom stereocenters. The number of hydrogen-bond donors (Lipinski definition) is 3. The lowest BCUT2D eigenvalue weighted by atomic mass is 9.79. The van der Waals surface area contributed by atoms with Crippen LogP contribution in [0.4, 0.5) is 5.69 Å². The van der Waals surface area contributed by atoms with Crippen LogP contribution in [-0.2, 0) is 4.79 Å². The number of fused-ring (bicyclic) bond motifs is 2. The molecule has 2 aromatic carbocycles. The van der Waals surface area contributed by atoms with Gasteiger partial charge >= 0.3 is 0 Å². The fourth-order valence-electron chi connectivity index (χ4n) is 3.70. The lowest BCUT2D eigenvalue weighted by molar-refractivity contribution is -0.112. The first-order valence-electron chi connectivity index (χ1n) is 7.66. The molecule has 7 heteroatoms. The molecule has 3 unspecified atom stereocenters. The molecule has 0 saturated carbocycles. The molecule has 3 N–H and O–H groups in total. The number of aromatic hydroxyl groups is 1. The molecule has 24 heavy (non-hydrogen) atoms. The predicted molar refractivity (Wildman–Crippen MR) is 93.5 cm³/mol. The SMILES string of the molecule is BC(=O)C1Nc2ccc(Cl)cc2C1C1NC(=O)c2ccc(O)cc21. The first kappa shape index (κ1) is 15.1. The quantitative estimate of drug-likeness (QED) is 0.725. The van der Waals surface area contributed by atoms with E-state index in [0.717, 1.165) is 11.3 Å². The number of amides is 1. The van der Waals surface area contributed by atoms with Crippen molar-refractivity contribution in [2.75, 3.05) is 5.32 Å². The van der Waals surface area contributed by atoms with E-state index < -0.39 is 12.1 Å². The Morgan fingerprint density at radius 2 is 1.92 bits per heavy atom. The summed E-state index contributed by atoms with van der Waals surface area (Å²) < 4.78 is 0. The Morgan fingerprint density at radius 1 is 1.12 bits per heavy atom. The van der Waals surface area contributed by atoms with Crippen molar-refractivity contribution in [2.24, 2.45) is 0 Å². The van der Waals surface area contributed by atoms with Crippen LogP contribution in [0.3, 0.4) is 0 Å². The molecule has 5 nitrogen and oxygen atoms in total. The molecule has 0 bridgehead atoms. The van der Waals surface area contributed by atoms with Crippen molar-refractivity contribution in [3.8, 4) is 5.75 Å². The average molecular weight is 341 g/mol. The average Bonchev–Trinajstić information content (AvgIpc) is 3.05. The molecule has 2 aromatic rings. The Morgan fingerprint density at radius 3 is 2.67 bits per heavy atom. The van der Waals surface area contributed by atoms with E-state index in [0.29, 0.717) is 16.1 Å². The van der Waals surface area contributed by atoms with Crippen LogP contribution in [0.5, 0.6) is 5.75 Å². The molecule has 2 heterocycles. The van der Waals surface area contributed by atoms with E-state index in [1.54, 1.807) is 18.2 Å². The summed E-state index contributed by atoms with van der Waals surface area (Å²) in [6, 6.07) is 9.23. The maximum absolute atomic E-state index is 12.3. The van der Waals surface area contributed by atoms with Crippen LogP contribution in [0.2, 0.25) is 5.02 Å². The summed E-state index contributed by atoms with van der Waals surface area (Å²) in [4.78, 5) is 24.4. The molecule has 0 fully saturated rings. The second kappa shape index (κ2) is 5.28. The van der Waals surface area contributed by atoms with Crippen LogP contribution < -0.4 is 10.6 Å². The zero-order chi connectivity index (χ0) is 17.0. The van der Waals surface area contributed by atoms with E-state index in [1.807, 2.05) is 12.1 Å². The Balaban J connectivity index is 1.86. The molecule has 4 rings (SSSR count). The number of halogens is 1. The lowest BCUT2D eigenvalue weighted by Crippen LogP contribution is -2.37. The van der Waals surface area contributed by atoms with Crippen molar-refractivity contribution in [1.29, 1.82) is 0 Å². The van der Waals surface area contributed by atoms with E-state index >= 15 is 0 Å². The largest absolute Gasteiger partial charge is 0.508 e. The number of carbonyl (C=O) groups is 2. The minimum absolute atomic E-state index is 0.0184. The summed E-state index contributed by atoms with van der Waals surface area (Å²) >= 11 is 6.14. The van der Waals surface area contributed by atoms with Crippen molar-refractivity contribution < 1.29 is 14.7 Å². The zero-order valence-corrected chi connectivity index (χ0v) is 13.6. The summed E-state index contributed by atoms with van der Waals surface area (Å²) in [6.07, 6.45) is 0. The van der Waals surface area contributed by atoms with Gasteiger partial charge in [-0.05, 0) is 47.5 Å².